The monoisotopic (exact) mass is 219 g/mol. The van der Waals surface area contributed by atoms with Crippen molar-refractivity contribution in [1.29, 1.82) is 0 Å². The van der Waals surface area contributed by atoms with Crippen molar-refractivity contribution in [1.82, 2.24) is 4.98 Å². The highest BCUT2D eigenvalue weighted by Gasteiger charge is 2.07. The van der Waals surface area contributed by atoms with Crippen LogP contribution in [0, 0.1) is 0 Å². The zero-order valence-corrected chi connectivity index (χ0v) is 8.78. The smallest absolute Gasteiger partial charge is 0.0711 e. The predicted molar refractivity (Wildman–Crippen MR) is 60.6 cm³/mol. The summed E-state index contributed by atoms with van der Waals surface area (Å²) in [4.78, 5) is 4.05. The summed E-state index contributed by atoms with van der Waals surface area (Å²) in [5, 5.41) is 9.63. The first kappa shape index (κ1) is 10.1. The predicted octanol–water partition coefficient (Wildman–Crippen LogP) is 2.89. The standard InChI is InChI=1S/C12H10ClNO/c13-12-10(8-15)6-14-7-11(12)9-4-2-1-3-5-9/h1-7,15H,8H2. The fourth-order valence-electron chi connectivity index (χ4n) is 1.42. The molecule has 1 N–H and O–H groups in total. The Hall–Kier alpha value is -1.38. The molecule has 0 aliphatic rings. The van der Waals surface area contributed by atoms with Crippen LogP contribution in [0.2, 0.25) is 5.02 Å². The van der Waals surface area contributed by atoms with E-state index in [1.807, 2.05) is 30.3 Å². The van der Waals surface area contributed by atoms with Crippen molar-refractivity contribution in [2.24, 2.45) is 0 Å². The van der Waals surface area contributed by atoms with Gasteiger partial charge in [0.15, 0.2) is 0 Å². The maximum absolute atomic E-state index is 9.07. The van der Waals surface area contributed by atoms with Gasteiger partial charge in [-0.1, -0.05) is 41.9 Å². The van der Waals surface area contributed by atoms with E-state index in [0.717, 1.165) is 11.1 Å². The van der Waals surface area contributed by atoms with Crippen LogP contribution in [0.3, 0.4) is 0 Å². The number of aromatic nitrogens is 1. The Kier molecular flexibility index (Phi) is 2.99. The molecule has 1 heterocycles. The van der Waals surface area contributed by atoms with Gasteiger partial charge < -0.3 is 5.11 Å². The molecule has 0 radical (unpaired) electrons. The molecular weight excluding hydrogens is 210 g/mol. The van der Waals surface area contributed by atoms with Gasteiger partial charge in [-0.15, -0.1) is 0 Å². The van der Waals surface area contributed by atoms with E-state index in [-0.39, 0.29) is 6.61 Å². The van der Waals surface area contributed by atoms with E-state index >= 15 is 0 Å². The molecular formula is C12H10ClNO. The lowest BCUT2D eigenvalue weighted by atomic mass is 10.1. The van der Waals surface area contributed by atoms with Crippen LogP contribution in [0.25, 0.3) is 11.1 Å². The largest absolute Gasteiger partial charge is 0.392 e. The Balaban J connectivity index is 2.54. The minimum atomic E-state index is -0.0908. The molecule has 1 aromatic carbocycles. The van der Waals surface area contributed by atoms with Crippen molar-refractivity contribution in [2.75, 3.05) is 0 Å². The van der Waals surface area contributed by atoms with Gasteiger partial charge in [-0.25, -0.2) is 0 Å². The molecule has 2 aromatic rings. The minimum Gasteiger partial charge on any atom is -0.392 e. The van der Waals surface area contributed by atoms with Crippen molar-refractivity contribution < 1.29 is 5.11 Å². The second-order valence-electron chi connectivity index (χ2n) is 3.18. The number of pyridine rings is 1. The molecule has 0 aliphatic heterocycles. The first-order chi connectivity index (χ1) is 7.33. The van der Waals surface area contributed by atoms with Crippen molar-refractivity contribution in [2.45, 2.75) is 6.61 Å². The summed E-state index contributed by atoms with van der Waals surface area (Å²) in [5.41, 5.74) is 2.51. The maximum Gasteiger partial charge on any atom is 0.0711 e. The molecule has 0 fully saturated rings. The van der Waals surface area contributed by atoms with Gasteiger partial charge in [0.25, 0.3) is 0 Å². The second kappa shape index (κ2) is 4.43. The molecule has 0 amide bonds. The van der Waals surface area contributed by atoms with Crippen molar-refractivity contribution in [3.05, 3.63) is 53.3 Å². The first-order valence-corrected chi connectivity index (χ1v) is 4.99. The lowest BCUT2D eigenvalue weighted by molar-refractivity contribution is 0.281. The lowest BCUT2D eigenvalue weighted by Crippen LogP contribution is -1.90. The molecule has 15 heavy (non-hydrogen) atoms. The average Bonchev–Trinajstić information content (AvgIpc) is 2.30. The van der Waals surface area contributed by atoms with Gasteiger partial charge >= 0.3 is 0 Å². The van der Waals surface area contributed by atoms with Crippen LogP contribution >= 0.6 is 11.6 Å². The number of hydrogen-bond donors (Lipinski definition) is 1. The van der Waals surface area contributed by atoms with Gasteiger partial charge in [-0.05, 0) is 5.56 Å². The van der Waals surface area contributed by atoms with Gasteiger partial charge in [0.1, 0.15) is 0 Å². The van der Waals surface area contributed by atoms with E-state index in [9.17, 15) is 0 Å². The quantitative estimate of drug-likeness (QED) is 0.843. The fourth-order valence-corrected chi connectivity index (χ4v) is 1.68. The van der Waals surface area contributed by atoms with Crippen LogP contribution in [0.15, 0.2) is 42.7 Å². The molecule has 0 aliphatic carbocycles. The van der Waals surface area contributed by atoms with E-state index in [0.29, 0.717) is 10.6 Å². The number of aliphatic hydroxyl groups is 1. The molecule has 1 aromatic heterocycles. The number of hydrogen-bond acceptors (Lipinski definition) is 2. The third-order valence-electron chi connectivity index (χ3n) is 2.21. The van der Waals surface area contributed by atoms with Gasteiger partial charge in [0.2, 0.25) is 0 Å². The zero-order valence-electron chi connectivity index (χ0n) is 8.02. The Morgan fingerprint density at radius 3 is 2.53 bits per heavy atom. The maximum atomic E-state index is 9.07. The molecule has 0 spiro atoms. The minimum absolute atomic E-state index is 0.0908. The van der Waals surface area contributed by atoms with E-state index in [2.05, 4.69) is 4.98 Å². The van der Waals surface area contributed by atoms with E-state index in [4.69, 9.17) is 16.7 Å². The van der Waals surface area contributed by atoms with Crippen LogP contribution in [0.4, 0.5) is 0 Å². The summed E-state index contributed by atoms with van der Waals surface area (Å²) in [6, 6.07) is 9.75. The van der Waals surface area contributed by atoms with Crippen molar-refractivity contribution in [3.63, 3.8) is 0 Å². The molecule has 76 valence electrons. The molecule has 2 rings (SSSR count). The highest BCUT2D eigenvalue weighted by atomic mass is 35.5. The molecule has 2 nitrogen and oxygen atoms in total. The van der Waals surface area contributed by atoms with E-state index in [1.165, 1.54) is 0 Å². The number of nitrogens with zero attached hydrogens (tertiary/aromatic N) is 1. The SMILES string of the molecule is OCc1cncc(-c2ccccc2)c1Cl. The van der Waals surface area contributed by atoms with E-state index < -0.39 is 0 Å². The molecule has 0 atom stereocenters. The van der Waals surface area contributed by atoms with E-state index in [1.54, 1.807) is 12.4 Å². The Bertz CT molecular complexity index is 456. The normalized spacial score (nSPS) is 10.3. The summed E-state index contributed by atoms with van der Waals surface area (Å²) >= 11 is 6.14. The summed E-state index contributed by atoms with van der Waals surface area (Å²) < 4.78 is 0. The van der Waals surface area contributed by atoms with Crippen LogP contribution in [-0.2, 0) is 6.61 Å². The highest BCUT2D eigenvalue weighted by molar-refractivity contribution is 6.34. The highest BCUT2D eigenvalue weighted by Crippen LogP contribution is 2.29. The van der Waals surface area contributed by atoms with Gasteiger partial charge in [0.05, 0.1) is 11.6 Å². The molecule has 0 unspecified atom stereocenters. The summed E-state index contributed by atoms with van der Waals surface area (Å²) in [6.45, 7) is -0.0908. The van der Waals surface area contributed by atoms with Crippen LogP contribution in [0.5, 0.6) is 0 Å². The molecule has 3 heteroatoms. The number of halogens is 1. The number of rotatable bonds is 2. The summed E-state index contributed by atoms with van der Waals surface area (Å²) in [6.07, 6.45) is 3.28. The van der Waals surface area contributed by atoms with Gasteiger partial charge in [-0.2, -0.15) is 0 Å². The Morgan fingerprint density at radius 1 is 1.13 bits per heavy atom. The third-order valence-corrected chi connectivity index (χ3v) is 2.65. The number of aliphatic hydroxyl groups excluding tert-OH is 1. The van der Waals surface area contributed by atoms with Crippen LogP contribution in [0.1, 0.15) is 5.56 Å². The topological polar surface area (TPSA) is 33.1 Å². The van der Waals surface area contributed by atoms with Crippen molar-refractivity contribution in [3.8, 4) is 11.1 Å². The number of benzene rings is 1. The van der Waals surface area contributed by atoms with Crippen LogP contribution in [-0.4, -0.2) is 10.1 Å². The van der Waals surface area contributed by atoms with Gasteiger partial charge in [0, 0.05) is 23.5 Å². The molecule has 0 saturated heterocycles. The first-order valence-electron chi connectivity index (χ1n) is 4.61. The average molecular weight is 220 g/mol. The van der Waals surface area contributed by atoms with Crippen LogP contribution < -0.4 is 0 Å². The van der Waals surface area contributed by atoms with Gasteiger partial charge in [-0.3, -0.25) is 4.98 Å². The Morgan fingerprint density at radius 2 is 1.87 bits per heavy atom. The van der Waals surface area contributed by atoms with Crippen molar-refractivity contribution >= 4 is 11.6 Å². The molecule has 0 saturated carbocycles. The second-order valence-corrected chi connectivity index (χ2v) is 3.56. The summed E-state index contributed by atoms with van der Waals surface area (Å²) in [7, 11) is 0. The summed E-state index contributed by atoms with van der Waals surface area (Å²) in [5.74, 6) is 0. The molecule has 0 bridgehead atoms. The zero-order chi connectivity index (χ0) is 10.7. The third kappa shape index (κ3) is 2.01. The lowest BCUT2D eigenvalue weighted by Gasteiger charge is -2.06. The Labute approximate surface area is 93.2 Å². The fraction of sp³-hybridized carbons (Fsp3) is 0.0833.